The lowest BCUT2D eigenvalue weighted by Crippen LogP contribution is -2.26. The molecule has 6 nitrogen and oxygen atoms in total. The third-order valence-electron chi connectivity index (χ3n) is 6.52. The maximum atomic E-state index is 12.8. The first-order valence-electron chi connectivity index (χ1n) is 12.4. The molecule has 3 aromatic rings. The molecule has 0 fully saturated rings. The fourth-order valence-electron chi connectivity index (χ4n) is 4.59. The molecule has 0 radical (unpaired) electrons. The van der Waals surface area contributed by atoms with Crippen molar-refractivity contribution in [1.82, 2.24) is 4.98 Å². The van der Waals surface area contributed by atoms with Crippen molar-refractivity contribution in [2.24, 2.45) is 5.73 Å². The molecule has 7 heteroatoms. The zero-order valence-electron chi connectivity index (χ0n) is 20.1. The normalized spacial score (nSPS) is 15.2. The molecule has 3 N–H and O–H groups in total. The Labute approximate surface area is 203 Å². The summed E-state index contributed by atoms with van der Waals surface area (Å²) in [6.07, 6.45) is 7.14. The molecule has 0 bridgehead atoms. The van der Waals surface area contributed by atoms with E-state index < -0.39 is 9.84 Å². The first kappa shape index (κ1) is 24.5. The summed E-state index contributed by atoms with van der Waals surface area (Å²) < 4.78 is 25.6. The van der Waals surface area contributed by atoms with E-state index in [2.05, 4.69) is 41.4 Å². The smallest absolute Gasteiger partial charge is 0.180 e. The molecule has 1 aliphatic heterocycles. The monoisotopic (exact) mass is 480 g/mol. The fourth-order valence-corrected chi connectivity index (χ4v) is 6.09. The first-order valence-corrected chi connectivity index (χ1v) is 14.0. The van der Waals surface area contributed by atoms with Crippen molar-refractivity contribution in [1.29, 1.82) is 0 Å². The highest BCUT2D eigenvalue weighted by molar-refractivity contribution is 7.91. The highest BCUT2D eigenvalue weighted by atomic mass is 32.2. The van der Waals surface area contributed by atoms with E-state index in [-0.39, 0.29) is 5.75 Å². The zero-order chi connectivity index (χ0) is 24.0. The highest BCUT2D eigenvalue weighted by Crippen LogP contribution is 2.31. The summed E-state index contributed by atoms with van der Waals surface area (Å²) in [7, 11) is -3.30. The molecule has 0 atom stereocenters. The Morgan fingerprint density at radius 2 is 1.76 bits per heavy atom. The van der Waals surface area contributed by atoms with Crippen LogP contribution >= 0.6 is 0 Å². The number of nitrogens with one attached hydrogen (secondary N) is 1. The van der Waals surface area contributed by atoms with Crippen molar-refractivity contribution in [2.75, 3.05) is 35.6 Å². The van der Waals surface area contributed by atoms with Crippen LogP contribution in [0.15, 0.2) is 53.4 Å². The minimum absolute atomic E-state index is 0.0878. The van der Waals surface area contributed by atoms with Gasteiger partial charge in [0, 0.05) is 36.8 Å². The van der Waals surface area contributed by atoms with Crippen LogP contribution in [0.25, 0.3) is 10.9 Å². The van der Waals surface area contributed by atoms with E-state index in [0.717, 1.165) is 53.9 Å². The van der Waals surface area contributed by atoms with Crippen LogP contribution in [-0.2, 0) is 16.4 Å². The first-order chi connectivity index (χ1) is 16.5. The maximum Gasteiger partial charge on any atom is 0.180 e. The van der Waals surface area contributed by atoms with Gasteiger partial charge in [-0.2, -0.15) is 0 Å². The number of anilines is 2. The lowest BCUT2D eigenvalue weighted by atomic mass is 10.1. The predicted octanol–water partition coefficient (Wildman–Crippen LogP) is 5.05. The number of rotatable bonds is 10. The molecule has 0 spiro atoms. The van der Waals surface area contributed by atoms with Gasteiger partial charge in [0.15, 0.2) is 9.84 Å². The second-order valence-corrected chi connectivity index (χ2v) is 11.3. The van der Waals surface area contributed by atoms with Gasteiger partial charge in [0.2, 0.25) is 0 Å². The minimum Gasteiger partial charge on any atom is -0.384 e. The van der Waals surface area contributed by atoms with Crippen LogP contribution < -0.4 is 16.0 Å². The summed E-state index contributed by atoms with van der Waals surface area (Å²) >= 11 is 0. The highest BCUT2D eigenvalue weighted by Gasteiger charge is 2.26. The molecular formula is C27H36N4O2S. The van der Waals surface area contributed by atoms with Crippen LogP contribution in [0.5, 0.6) is 0 Å². The molecule has 2 heterocycles. The second kappa shape index (κ2) is 11.2. The number of unbranched alkanes of at least 4 members (excludes halogenated alkanes) is 5. The number of benzene rings is 2. The van der Waals surface area contributed by atoms with Gasteiger partial charge in [-0.3, -0.25) is 0 Å². The molecule has 0 unspecified atom stereocenters. The Bertz CT molecular complexity index is 1230. The summed E-state index contributed by atoms with van der Waals surface area (Å²) in [5.41, 5.74) is 9.58. The molecule has 0 amide bonds. The summed E-state index contributed by atoms with van der Waals surface area (Å²) in [6.45, 7) is 4.73. The largest absolute Gasteiger partial charge is 0.384 e. The zero-order valence-corrected chi connectivity index (χ0v) is 20.9. The van der Waals surface area contributed by atoms with Gasteiger partial charge in [0.05, 0.1) is 16.2 Å². The van der Waals surface area contributed by atoms with Crippen molar-refractivity contribution >= 4 is 32.2 Å². The lowest BCUT2D eigenvalue weighted by molar-refractivity contribution is 0.596. The number of aryl methyl sites for hydroxylation is 1. The topological polar surface area (TPSA) is 88.3 Å². The predicted molar refractivity (Wildman–Crippen MR) is 141 cm³/mol. The van der Waals surface area contributed by atoms with E-state index in [1.165, 1.54) is 31.2 Å². The minimum atomic E-state index is -3.30. The molecule has 1 aromatic heterocycles. The standard InChI is InChI=1S/C27H36N4O2S/c1-21-12-13-24-23(18-21)25(29-15-9-5-3-2-4-8-14-28)19-27(30-24)31-16-17-34(32,33)26-11-7-6-10-22(26)20-31/h6-7,10-13,18-19H,2-5,8-9,14-17,20,28H2,1H3,(H,29,30). The second-order valence-electron chi connectivity index (χ2n) is 9.23. The number of pyridine rings is 1. The van der Waals surface area contributed by atoms with Gasteiger partial charge in [-0.25, -0.2) is 13.4 Å². The number of fused-ring (bicyclic) bond motifs is 2. The van der Waals surface area contributed by atoms with Gasteiger partial charge in [-0.15, -0.1) is 0 Å². The Hall–Kier alpha value is -2.64. The summed E-state index contributed by atoms with van der Waals surface area (Å²) in [5.74, 6) is 0.900. The van der Waals surface area contributed by atoms with E-state index in [9.17, 15) is 8.42 Å². The summed E-state index contributed by atoms with van der Waals surface area (Å²) in [6, 6.07) is 15.7. The Balaban J connectivity index is 1.54. The number of hydrogen-bond acceptors (Lipinski definition) is 6. The molecule has 182 valence electrons. The molecule has 2 aromatic carbocycles. The van der Waals surface area contributed by atoms with Gasteiger partial charge < -0.3 is 16.0 Å². The molecule has 0 aliphatic carbocycles. The maximum absolute atomic E-state index is 12.8. The number of aromatic nitrogens is 1. The molecule has 34 heavy (non-hydrogen) atoms. The fraction of sp³-hybridized carbons (Fsp3) is 0.444. The van der Waals surface area contributed by atoms with Crippen LogP contribution in [0.1, 0.15) is 49.7 Å². The Kier molecular flexibility index (Phi) is 8.06. The van der Waals surface area contributed by atoms with E-state index >= 15 is 0 Å². The molecule has 0 saturated heterocycles. The van der Waals surface area contributed by atoms with Crippen molar-refractivity contribution < 1.29 is 8.42 Å². The molecule has 1 aliphatic rings. The van der Waals surface area contributed by atoms with Gasteiger partial charge in [-0.1, -0.05) is 55.5 Å². The number of sulfone groups is 1. The average molecular weight is 481 g/mol. The van der Waals surface area contributed by atoms with E-state index in [0.29, 0.717) is 18.0 Å². The van der Waals surface area contributed by atoms with Crippen molar-refractivity contribution in [3.05, 3.63) is 59.7 Å². The molecule has 4 rings (SSSR count). The quantitative estimate of drug-likeness (QED) is 0.395. The number of nitrogens with two attached hydrogens (primary N) is 1. The van der Waals surface area contributed by atoms with Gasteiger partial charge >= 0.3 is 0 Å². The molecule has 0 saturated carbocycles. The lowest BCUT2D eigenvalue weighted by Gasteiger charge is -2.23. The summed E-state index contributed by atoms with van der Waals surface area (Å²) in [5, 5.41) is 4.75. The Morgan fingerprint density at radius 1 is 1.00 bits per heavy atom. The Morgan fingerprint density at radius 3 is 2.59 bits per heavy atom. The van der Waals surface area contributed by atoms with Crippen LogP contribution in [0.4, 0.5) is 11.5 Å². The van der Waals surface area contributed by atoms with E-state index in [1.54, 1.807) is 12.1 Å². The summed E-state index contributed by atoms with van der Waals surface area (Å²) in [4.78, 5) is 7.46. The molecular weight excluding hydrogens is 444 g/mol. The van der Waals surface area contributed by atoms with Crippen molar-refractivity contribution in [3.63, 3.8) is 0 Å². The van der Waals surface area contributed by atoms with Crippen LogP contribution in [0, 0.1) is 6.92 Å². The number of nitrogens with zero attached hydrogens (tertiary/aromatic N) is 2. The van der Waals surface area contributed by atoms with Crippen molar-refractivity contribution in [2.45, 2.75) is 56.9 Å². The van der Waals surface area contributed by atoms with Crippen molar-refractivity contribution in [3.8, 4) is 0 Å². The van der Waals surface area contributed by atoms with E-state index in [4.69, 9.17) is 10.7 Å². The average Bonchev–Trinajstić information content (AvgIpc) is 2.96. The van der Waals surface area contributed by atoms with Crippen LogP contribution in [0.3, 0.4) is 0 Å². The van der Waals surface area contributed by atoms with Gasteiger partial charge in [0.1, 0.15) is 5.82 Å². The third-order valence-corrected chi connectivity index (χ3v) is 8.31. The third kappa shape index (κ3) is 5.88. The van der Waals surface area contributed by atoms with Crippen LogP contribution in [0.2, 0.25) is 0 Å². The van der Waals surface area contributed by atoms with Crippen LogP contribution in [-0.4, -0.2) is 38.8 Å². The van der Waals surface area contributed by atoms with Gasteiger partial charge in [-0.05, 0) is 50.1 Å². The SMILES string of the molecule is Cc1ccc2nc(N3CCS(=O)(=O)c4ccccc4C3)cc(NCCCCCCCCN)c2c1. The van der Waals surface area contributed by atoms with E-state index in [1.807, 2.05) is 12.1 Å². The van der Waals surface area contributed by atoms with Gasteiger partial charge in [0.25, 0.3) is 0 Å². The number of hydrogen-bond donors (Lipinski definition) is 2.